The summed E-state index contributed by atoms with van der Waals surface area (Å²) in [4.78, 5) is 30.0. The van der Waals surface area contributed by atoms with Gasteiger partial charge in [0.2, 0.25) is 5.91 Å². The molecular weight excluding hydrogens is 514 g/mol. The Kier molecular flexibility index (Phi) is 7.55. The number of fused-ring (bicyclic) bond motifs is 1. The van der Waals surface area contributed by atoms with Crippen LogP contribution in [0.4, 0.5) is 16.2 Å². The first kappa shape index (κ1) is 27.4. The molecule has 0 unspecified atom stereocenters. The fraction of sp³-hybridized carbons (Fsp3) is 0.484. The second-order valence-electron chi connectivity index (χ2n) is 11.9. The Morgan fingerprint density at radius 2 is 1.87 bits per heavy atom. The number of likely N-dealkylation sites (tertiary alicyclic amines) is 1. The van der Waals surface area contributed by atoms with E-state index in [-0.39, 0.29) is 5.91 Å². The van der Waals surface area contributed by atoms with Crippen molar-refractivity contribution in [1.29, 1.82) is 0 Å². The Bertz CT molecular complexity index is 1280. The van der Waals surface area contributed by atoms with Gasteiger partial charge in [-0.3, -0.25) is 9.69 Å². The van der Waals surface area contributed by atoms with Crippen molar-refractivity contribution >= 4 is 41.1 Å². The van der Waals surface area contributed by atoms with Gasteiger partial charge in [-0.1, -0.05) is 29.8 Å². The zero-order valence-corrected chi connectivity index (χ0v) is 24.0. The molecule has 2 fully saturated rings. The van der Waals surface area contributed by atoms with Gasteiger partial charge in [-0.05, 0) is 82.9 Å². The minimum atomic E-state index is -0.623. The van der Waals surface area contributed by atoms with Gasteiger partial charge in [0, 0.05) is 49.4 Å². The third-order valence-corrected chi connectivity index (χ3v) is 7.90. The van der Waals surface area contributed by atoms with Gasteiger partial charge in [0.15, 0.2) is 0 Å². The summed E-state index contributed by atoms with van der Waals surface area (Å²) in [6, 6.07) is 11.6. The second kappa shape index (κ2) is 10.8. The van der Waals surface area contributed by atoms with Crippen LogP contribution in [0.1, 0.15) is 64.0 Å². The number of aryl methyl sites for hydroxylation is 1. The first-order valence-electron chi connectivity index (χ1n) is 13.9. The van der Waals surface area contributed by atoms with Crippen LogP contribution in [-0.2, 0) is 9.53 Å². The zero-order chi connectivity index (χ0) is 27.8. The first-order valence-corrected chi connectivity index (χ1v) is 14.2. The van der Waals surface area contributed by atoms with E-state index in [9.17, 15) is 9.59 Å². The molecule has 0 aromatic heterocycles. The molecule has 3 heterocycles. The molecule has 0 aliphatic carbocycles. The van der Waals surface area contributed by atoms with E-state index in [1.165, 1.54) is 11.3 Å². The third-order valence-electron chi connectivity index (χ3n) is 7.62. The molecule has 8 heteroatoms. The third kappa shape index (κ3) is 6.19. The summed E-state index contributed by atoms with van der Waals surface area (Å²) < 4.78 is 12.1. The smallest absolute Gasteiger partial charge is 0.410 e. The predicted octanol–water partition coefficient (Wildman–Crippen LogP) is 6.82. The standard InChI is InChI=1S/C31H38ClN3O4/c1-21-8-7-9-24(18-21)34-16-13-31(14-17-34)12-11-22-19-23(20-25(32)27(22)38-31)33-28(36)26-10-5-6-15-35(26)29(37)39-30(2,3)4/h7-9,11-12,18-20,26H,5-6,10,13-17H2,1-4H3,(H,33,36)/t26-/m1/s1. The van der Waals surface area contributed by atoms with Crippen molar-refractivity contribution in [2.45, 2.75) is 77.0 Å². The van der Waals surface area contributed by atoms with Gasteiger partial charge in [-0.15, -0.1) is 0 Å². The maximum Gasteiger partial charge on any atom is 0.410 e. The van der Waals surface area contributed by atoms with Crippen LogP contribution in [0.3, 0.4) is 0 Å². The van der Waals surface area contributed by atoms with E-state index in [0.717, 1.165) is 44.3 Å². The molecule has 208 valence electrons. The van der Waals surface area contributed by atoms with Gasteiger partial charge >= 0.3 is 6.09 Å². The van der Waals surface area contributed by atoms with Gasteiger partial charge in [0.1, 0.15) is 23.0 Å². The maximum absolute atomic E-state index is 13.3. The van der Waals surface area contributed by atoms with Gasteiger partial charge in [-0.25, -0.2) is 4.79 Å². The molecule has 2 amide bonds. The number of halogens is 1. The van der Waals surface area contributed by atoms with Crippen molar-refractivity contribution < 1.29 is 19.1 Å². The minimum absolute atomic E-state index is 0.239. The van der Waals surface area contributed by atoms with E-state index in [2.05, 4.69) is 53.6 Å². The molecule has 2 aromatic carbocycles. The lowest BCUT2D eigenvalue weighted by atomic mass is 9.87. The first-order chi connectivity index (χ1) is 18.5. The SMILES string of the molecule is Cc1cccc(N2CCC3(C=Cc4cc(NC(=O)[C@H]5CCCCN5C(=O)OC(C)(C)C)cc(Cl)c4O3)CC2)c1. The van der Waals surface area contributed by atoms with Crippen molar-refractivity contribution in [1.82, 2.24) is 4.90 Å². The van der Waals surface area contributed by atoms with Crippen LogP contribution < -0.4 is 15.0 Å². The number of piperidine rings is 2. The number of benzene rings is 2. The number of hydrogen-bond donors (Lipinski definition) is 1. The summed E-state index contributed by atoms with van der Waals surface area (Å²) >= 11 is 6.71. The summed E-state index contributed by atoms with van der Waals surface area (Å²) in [5.41, 5.74) is 2.90. The summed E-state index contributed by atoms with van der Waals surface area (Å²) in [7, 11) is 0. The molecule has 3 aliphatic rings. The van der Waals surface area contributed by atoms with Gasteiger partial charge < -0.3 is 19.7 Å². The molecule has 5 rings (SSSR count). The maximum atomic E-state index is 13.3. The molecule has 1 spiro atoms. The molecule has 0 bridgehead atoms. The van der Waals surface area contributed by atoms with Crippen LogP contribution in [0, 0.1) is 6.92 Å². The normalized spacial score (nSPS) is 20.3. The average molecular weight is 552 g/mol. The molecule has 39 heavy (non-hydrogen) atoms. The van der Waals surface area contributed by atoms with Crippen LogP contribution >= 0.6 is 11.6 Å². The number of anilines is 2. The number of carbonyl (C=O) groups is 2. The van der Waals surface area contributed by atoms with Crippen molar-refractivity contribution in [3.8, 4) is 5.75 Å². The van der Waals surface area contributed by atoms with Gasteiger partial charge in [0.25, 0.3) is 0 Å². The van der Waals surface area contributed by atoms with E-state index in [1.807, 2.05) is 26.8 Å². The molecule has 1 atom stereocenters. The summed E-state index contributed by atoms with van der Waals surface area (Å²) in [5.74, 6) is 0.409. The number of ether oxygens (including phenoxy) is 2. The van der Waals surface area contributed by atoms with E-state index in [4.69, 9.17) is 21.1 Å². The highest BCUT2D eigenvalue weighted by Crippen LogP contribution is 2.43. The van der Waals surface area contributed by atoms with Gasteiger partial charge in [0.05, 0.1) is 5.02 Å². The summed E-state index contributed by atoms with van der Waals surface area (Å²) in [5, 5.41) is 3.44. The molecule has 0 saturated carbocycles. The van der Waals surface area contributed by atoms with Crippen molar-refractivity contribution in [2.24, 2.45) is 0 Å². The van der Waals surface area contributed by atoms with Crippen LogP contribution in [0.5, 0.6) is 5.75 Å². The van der Waals surface area contributed by atoms with E-state index < -0.39 is 23.3 Å². The fourth-order valence-electron chi connectivity index (χ4n) is 5.60. The number of amides is 2. The highest BCUT2D eigenvalue weighted by atomic mass is 35.5. The Balaban J connectivity index is 1.26. The molecule has 0 radical (unpaired) electrons. The van der Waals surface area contributed by atoms with E-state index in [1.54, 1.807) is 11.0 Å². The number of carbonyl (C=O) groups excluding carboxylic acids is 2. The zero-order valence-electron chi connectivity index (χ0n) is 23.3. The van der Waals surface area contributed by atoms with Crippen LogP contribution in [0.25, 0.3) is 6.08 Å². The van der Waals surface area contributed by atoms with Crippen molar-refractivity contribution in [2.75, 3.05) is 29.9 Å². The number of rotatable bonds is 3. The van der Waals surface area contributed by atoms with E-state index in [0.29, 0.717) is 29.4 Å². The highest BCUT2D eigenvalue weighted by Gasteiger charge is 2.38. The lowest BCUT2D eigenvalue weighted by Crippen LogP contribution is -2.51. The molecule has 2 saturated heterocycles. The lowest BCUT2D eigenvalue weighted by molar-refractivity contribution is -0.122. The Hall–Kier alpha value is -3.19. The number of nitrogens with zero attached hydrogens (tertiary/aromatic N) is 2. The van der Waals surface area contributed by atoms with Gasteiger partial charge in [-0.2, -0.15) is 0 Å². The molecule has 2 aromatic rings. The predicted molar refractivity (Wildman–Crippen MR) is 156 cm³/mol. The molecule has 7 nitrogen and oxygen atoms in total. The quantitative estimate of drug-likeness (QED) is 0.453. The Morgan fingerprint density at radius 1 is 1.10 bits per heavy atom. The summed E-state index contributed by atoms with van der Waals surface area (Å²) in [6.45, 7) is 9.88. The number of nitrogens with one attached hydrogen (secondary N) is 1. The topological polar surface area (TPSA) is 71.1 Å². The van der Waals surface area contributed by atoms with Crippen LogP contribution in [0.15, 0.2) is 42.5 Å². The Labute approximate surface area is 236 Å². The summed E-state index contributed by atoms with van der Waals surface area (Å²) in [6.07, 6.45) is 7.76. The largest absolute Gasteiger partial charge is 0.481 e. The minimum Gasteiger partial charge on any atom is -0.481 e. The molecule has 1 N–H and O–H groups in total. The molecular formula is C31H38ClN3O4. The van der Waals surface area contributed by atoms with Crippen LogP contribution in [0.2, 0.25) is 5.02 Å². The second-order valence-corrected chi connectivity index (χ2v) is 12.3. The lowest BCUT2D eigenvalue weighted by Gasteiger charge is -2.43. The van der Waals surface area contributed by atoms with E-state index >= 15 is 0 Å². The fourth-order valence-corrected chi connectivity index (χ4v) is 5.87. The monoisotopic (exact) mass is 551 g/mol. The number of hydrogen-bond acceptors (Lipinski definition) is 5. The van der Waals surface area contributed by atoms with Crippen LogP contribution in [-0.4, -0.2) is 53.8 Å². The Morgan fingerprint density at radius 3 is 2.59 bits per heavy atom. The van der Waals surface area contributed by atoms with Crippen molar-refractivity contribution in [3.63, 3.8) is 0 Å². The van der Waals surface area contributed by atoms with Crippen molar-refractivity contribution in [3.05, 3.63) is 58.6 Å². The highest BCUT2D eigenvalue weighted by molar-refractivity contribution is 6.32. The molecule has 3 aliphatic heterocycles. The average Bonchev–Trinajstić information content (AvgIpc) is 2.89.